The Morgan fingerprint density at radius 3 is 3.25 bits per heavy atom. The molecule has 0 aromatic heterocycles. The number of methoxy groups -OCH3 is 1. The van der Waals surface area contributed by atoms with Gasteiger partial charge in [0.05, 0.1) is 13.7 Å². The first kappa shape index (κ1) is 7.47. The van der Waals surface area contributed by atoms with E-state index >= 15 is 0 Å². The summed E-state index contributed by atoms with van der Waals surface area (Å²) >= 11 is 0. The molecular formula is C10H10O2. The lowest BCUT2D eigenvalue weighted by atomic mass is 10.1. The summed E-state index contributed by atoms with van der Waals surface area (Å²) in [4.78, 5) is 0. The molecule has 1 aromatic rings. The molecule has 0 unspecified atom stereocenters. The van der Waals surface area contributed by atoms with Crippen molar-refractivity contribution in [2.45, 2.75) is 6.42 Å². The Labute approximate surface area is 72.1 Å². The number of rotatable bonds is 1. The van der Waals surface area contributed by atoms with Crippen molar-refractivity contribution in [3.8, 4) is 11.5 Å². The fraction of sp³-hybridized carbons (Fsp3) is 0.300. The van der Waals surface area contributed by atoms with Crippen LogP contribution >= 0.6 is 0 Å². The first-order valence-corrected chi connectivity index (χ1v) is 3.95. The lowest BCUT2D eigenvalue weighted by Gasteiger charge is -2.16. The van der Waals surface area contributed by atoms with Gasteiger partial charge < -0.3 is 9.47 Å². The van der Waals surface area contributed by atoms with Crippen LogP contribution in [0.5, 0.6) is 11.5 Å². The van der Waals surface area contributed by atoms with Gasteiger partial charge in [-0.05, 0) is 24.6 Å². The molecule has 1 aliphatic heterocycles. The Morgan fingerprint density at radius 2 is 2.42 bits per heavy atom. The molecule has 0 aliphatic carbocycles. The van der Waals surface area contributed by atoms with E-state index in [9.17, 15) is 0 Å². The van der Waals surface area contributed by atoms with Crippen molar-refractivity contribution in [3.05, 3.63) is 30.2 Å². The van der Waals surface area contributed by atoms with Gasteiger partial charge in [0.25, 0.3) is 0 Å². The lowest BCUT2D eigenvalue weighted by molar-refractivity contribution is 0.305. The quantitative estimate of drug-likeness (QED) is 0.628. The zero-order valence-electron chi connectivity index (χ0n) is 6.96. The molecule has 1 heterocycles. The maximum atomic E-state index is 5.40. The van der Waals surface area contributed by atoms with E-state index in [0.717, 1.165) is 30.1 Å². The molecule has 0 atom stereocenters. The highest BCUT2D eigenvalue weighted by molar-refractivity contribution is 5.45. The fourth-order valence-electron chi connectivity index (χ4n) is 1.25. The summed E-state index contributed by atoms with van der Waals surface area (Å²) < 4.78 is 10.5. The van der Waals surface area contributed by atoms with Crippen molar-refractivity contribution in [1.82, 2.24) is 0 Å². The molecule has 2 heteroatoms. The maximum absolute atomic E-state index is 5.40. The first-order chi connectivity index (χ1) is 5.90. The van der Waals surface area contributed by atoms with Crippen LogP contribution in [0.25, 0.3) is 0 Å². The second-order valence-corrected chi connectivity index (χ2v) is 2.64. The summed E-state index contributed by atoms with van der Waals surface area (Å²) in [5.74, 6) is 1.76. The topological polar surface area (TPSA) is 18.5 Å². The van der Waals surface area contributed by atoms with Gasteiger partial charge in [-0.2, -0.15) is 0 Å². The van der Waals surface area contributed by atoms with Crippen molar-refractivity contribution in [1.29, 1.82) is 0 Å². The third-order valence-electron chi connectivity index (χ3n) is 1.86. The molecule has 2 rings (SSSR count). The van der Waals surface area contributed by atoms with Gasteiger partial charge in [-0.25, -0.2) is 0 Å². The summed E-state index contributed by atoms with van der Waals surface area (Å²) in [5.41, 5.74) is 1.01. The van der Waals surface area contributed by atoms with Crippen LogP contribution in [-0.2, 0) is 0 Å². The standard InChI is InChI=1S/C10H10O2/c1-11-9-4-5-10-8(7-9)3-2-6-12-10/h4-5,7H,2,6H2,1H3. The minimum absolute atomic E-state index is 0.735. The number of hydrogen-bond acceptors (Lipinski definition) is 2. The first-order valence-electron chi connectivity index (χ1n) is 3.95. The van der Waals surface area contributed by atoms with Gasteiger partial charge >= 0.3 is 0 Å². The van der Waals surface area contributed by atoms with Crippen LogP contribution in [0.4, 0.5) is 0 Å². The molecule has 0 fully saturated rings. The smallest absolute Gasteiger partial charge is 0.123 e. The summed E-state index contributed by atoms with van der Waals surface area (Å²) in [6.45, 7) is 0.735. The van der Waals surface area contributed by atoms with Crippen LogP contribution in [0.2, 0.25) is 0 Å². The number of benzene rings is 1. The van der Waals surface area contributed by atoms with Gasteiger partial charge in [0, 0.05) is 12.0 Å². The average Bonchev–Trinajstić information content (AvgIpc) is 2.17. The highest BCUT2D eigenvalue weighted by Crippen LogP contribution is 2.29. The van der Waals surface area contributed by atoms with Gasteiger partial charge in [0.15, 0.2) is 0 Å². The Morgan fingerprint density at radius 1 is 1.50 bits per heavy atom. The maximum Gasteiger partial charge on any atom is 0.123 e. The summed E-state index contributed by atoms with van der Waals surface area (Å²) in [6, 6.07) is 5.75. The van der Waals surface area contributed by atoms with Crippen molar-refractivity contribution < 1.29 is 9.47 Å². The molecule has 1 aromatic carbocycles. The number of fused-ring (bicyclic) bond motifs is 1. The van der Waals surface area contributed by atoms with Crippen molar-refractivity contribution in [3.63, 3.8) is 0 Å². The SMILES string of the molecule is COc1ccc2c(c1)[C]CCO2. The molecule has 0 N–H and O–H groups in total. The Hall–Kier alpha value is -1.18. The molecule has 0 amide bonds. The fourth-order valence-corrected chi connectivity index (χ4v) is 1.25. The summed E-state index contributed by atoms with van der Waals surface area (Å²) in [6.07, 6.45) is 4.09. The Balaban J connectivity index is 2.36. The van der Waals surface area contributed by atoms with Gasteiger partial charge in [-0.1, -0.05) is 0 Å². The highest BCUT2D eigenvalue weighted by atomic mass is 16.5. The third-order valence-corrected chi connectivity index (χ3v) is 1.86. The lowest BCUT2D eigenvalue weighted by Crippen LogP contribution is -2.06. The van der Waals surface area contributed by atoms with Crippen molar-refractivity contribution in [2.75, 3.05) is 13.7 Å². The largest absolute Gasteiger partial charge is 0.497 e. The summed E-state index contributed by atoms with van der Waals surface area (Å²) in [7, 11) is 1.66. The van der Waals surface area contributed by atoms with Crippen LogP contribution < -0.4 is 9.47 Å². The molecule has 62 valence electrons. The zero-order chi connectivity index (χ0) is 8.39. The molecule has 2 nitrogen and oxygen atoms in total. The van der Waals surface area contributed by atoms with E-state index in [4.69, 9.17) is 9.47 Å². The van der Waals surface area contributed by atoms with Crippen molar-refractivity contribution >= 4 is 0 Å². The van der Waals surface area contributed by atoms with E-state index in [2.05, 4.69) is 6.42 Å². The zero-order valence-corrected chi connectivity index (χ0v) is 6.96. The molecule has 0 saturated carbocycles. The van der Waals surface area contributed by atoms with E-state index in [1.165, 1.54) is 0 Å². The molecule has 0 saturated heterocycles. The predicted molar refractivity (Wildman–Crippen MR) is 45.5 cm³/mol. The average molecular weight is 162 g/mol. The molecule has 0 bridgehead atoms. The van der Waals surface area contributed by atoms with Crippen LogP contribution in [-0.4, -0.2) is 13.7 Å². The normalized spacial score (nSPS) is 14.8. The number of hydrogen-bond donors (Lipinski definition) is 0. The third kappa shape index (κ3) is 1.24. The number of ether oxygens (including phenoxy) is 2. The van der Waals surface area contributed by atoms with Crippen LogP contribution in [0.15, 0.2) is 18.2 Å². The van der Waals surface area contributed by atoms with E-state index in [1.807, 2.05) is 18.2 Å². The minimum atomic E-state index is 0.735. The molecule has 12 heavy (non-hydrogen) atoms. The Bertz CT molecular complexity index is 281. The second-order valence-electron chi connectivity index (χ2n) is 2.64. The monoisotopic (exact) mass is 162 g/mol. The molecular weight excluding hydrogens is 152 g/mol. The van der Waals surface area contributed by atoms with Crippen LogP contribution in [0, 0.1) is 6.42 Å². The van der Waals surface area contributed by atoms with E-state index in [-0.39, 0.29) is 0 Å². The van der Waals surface area contributed by atoms with E-state index in [0.29, 0.717) is 0 Å². The molecule has 0 spiro atoms. The van der Waals surface area contributed by atoms with Crippen molar-refractivity contribution in [2.24, 2.45) is 0 Å². The highest BCUT2D eigenvalue weighted by Gasteiger charge is 2.10. The minimum Gasteiger partial charge on any atom is -0.497 e. The van der Waals surface area contributed by atoms with Gasteiger partial charge in [-0.15, -0.1) is 0 Å². The van der Waals surface area contributed by atoms with Crippen LogP contribution in [0.1, 0.15) is 12.0 Å². The van der Waals surface area contributed by atoms with Gasteiger partial charge in [-0.3, -0.25) is 0 Å². The van der Waals surface area contributed by atoms with Gasteiger partial charge in [0.2, 0.25) is 0 Å². The van der Waals surface area contributed by atoms with E-state index < -0.39 is 0 Å². The summed E-state index contributed by atoms with van der Waals surface area (Å²) in [5, 5.41) is 0. The van der Waals surface area contributed by atoms with E-state index in [1.54, 1.807) is 7.11 Å². The molecule has 2 radical (unpaired) electrons. The van der Waals surface area contributed by atoms with Gasteiger partial charge in [0.1, 0.15) is 11.5 Å². The van der Waals surface area contributed by atoms with Crippen LogP contribution in [0.3, 0.4) is 0 Å². The Kier molecular flexibility index (Phi) is 1.90. The second kappa shape index (κ2) is 3.05. The molecule has 1 aliphatic rings. The predicted octanol–water partition coefficient (Wildman–Crippen LogP) is 1.91.